The zero-order valence-electron chi connectivity index (χ0n) is 14.3. The molecule has 0 amide bonds. The van der Waals surface area contributed by atoms with Crippen molar-refractivity contribution in [1.82, 2.24) is 0 Å². The van der Waals surface area contributed by atoms with Gasteiger partial charge < -0.3 is 4.18 Å². The average Bonchev–Trinajstić information content (AvgIpc) is 2.56. The van der Waals surface area contributed by atoms with E-state index >= 15 is 0 Å². The maximum atomic E-state index is 12.4. The van der Waals surface area contributed by atoms with Crippen molar-refractivity contribution in [2.75, 3.05) is 6.26 Å². The molecule has 0 fully saturated rings. The summed E-state index contributed by atoms with van der Waals surface area (Å²) < 4.78 is 53.0. The summed E-state index contributed by atoms with van der Waals surface area (Å²) in [6.07, 6.45) is 5.36. The van der Waals surface area contributed by atoms with Gasteiger partial charge >= 0.3 is 10.1 Å². The summed E-state index contributed by atoms with van der Waals surface area (Å²) in [6, 6.07) is 12.0. The highest BCUT2D eigenvalue weighted by Crippen LogP contribution is 2.22. The number of benzene rings is 2. The normalized spacial score (nSPS) is 12.1. The molecular formula is C18H22O5S2. The number of aryl methyl sites for hydroxylation is 1. The predicted molar refractivity (Wildman–Crippen MR) is 97.0 cm³/mol. The van der Waals surface area contributed by atoms with Crippen molar-refractivity contribution in [2.45, 2.75) is 42.4 Å². The standard InChI is InChI=1S/C18H22O5S2/c1-3-4-5-7-15-10-12-16(13-11-15)23-25(21,22)18-9-6-8-17(14-18)24(2,19)20/h6,8-14H,3-5,7H2,1-2H3. The fraction of sp³-hybridized carbons (Fsp3) is 0.333. The van der Waals surface area contributed by atoms with Crippen LogP contribution in [0.3, 0.4) is 0 Å². The van der Waals surface area contributed by atoms with Gasteiger partial charge in [-0.25, -0.2) is 8.42 Å². The second kappa shape index (κ2) is 8.01. The molecule has 2 rings (SSSR count). The molecule has 0 aliphatic heterocycles. The lowest BCUT2D eigenvalue weighted by atomic mass is 10.1. The Morgan fingerprint density at radius 1 is 0.880 bits per heavy atom. The molecule has 0 bridgehead atoms. The molecule has 5 nitrogen and oxygen atoms in total. The highest BCUT2D eigenvalue weighted by molar-refractivity contribution is 7.90. The van der Waals surface area contributed by atoms with Crippen LogP contribution < -0.4 is 4.18 Å². The van der Waals surface area contributed by atoms with Crippen LogP contribution in [0.2, 0.25) is 0 Å². The Kier molecular flexibility index (Phi) is 6.24. The summed E-state index contributed by atoms with van der Waals surface area (Å²) in [5.41, 5.74) is 1.12. The van der Waals surface area contributed by atoms with Gasteiger partial charge in [-0.05, 0) is 48.7 Å². The molecule has 0 saturated heterocycles. The zero-order chi connectivity index (χ0) is 18.5. The van der Waals surface area contributed by atoms with Crippen LogP contribution in [0, 0.1) is 0 Å². The van der Waals surface area contributed by atoms with Gasteiger partial charge in [-0.3, -0.25) is 0 Å². The fourth-order valence-electron chi connectivity index (χ4n) is 2.33. The minimum atomic E-state index is -4.09. The third-order valence-electron chi connectivity index (χ3n) is 3.72. The van der Waals surface area contributed by atoms with Crippen LogP contribution in [0.25, 0.3) is 0 Å². The van der Waals surface area contributed by atoms with E-state index in [1.54, 1.807) is 12.1 Å². The molecule has 0 N–H and O–H groups in total. The van der Waals surface area contributed by atoms with Crippen molar-refractivity contribution in [1.29, 1.82) is 0 Å². The molecule has 2 aromatic carbocycles. The first kappa shape index (κ1) is 19.5. The molecule has 7 heteroatoms. The van der Waals surface area contributed by atoms with E-state index in [2.05, 4.69) is 6.92 Å². The molecule has 2 aromatic rings. The first-order valence-corrected chi connectivity index (χ1v) is 11.4. The molecule has 0 spiro atoms. The van der Waals surface area contributed by atoms with Gasteiger partial charge in [0, 0.05) is 6.26 Å². The molecule has 0 aliphatic rings. The minimum absolute atomic E-state index is 0.0663. The number of sulfone groups is 1. The van der Waals surface area contributed by atoms with Crippen molar-refractivity contribution in [3.8, 4) is 5.75 Å². The van der Waals surface area contributed by atoms with E-state index < -0.39 is 20.0 Å². The Morgan fingerprint density at radius 2 is 1.52 bits per heavy atom. The van der Waals surface area contributed by atoms with Crippen molar-refractivity contribution in [3.63, 3.8) is 0 Å². The lowest BCUT2D eigenvalue weighted by Gasteiger charge is -2.09. The van der Waals surface area contributed by atoms with E-state index in [0.29, 0.717) is 0 Å². The van der Waals surface area contributed by atoms with Crippen molar-refractivity contribution < 1.29 is 21.0 Å². The van der Waals surface area contributed by atoms with Crippen LogP contribution >= 0.6 is 0 Å². The Labute approximate surface area is 149 Å². The second-order valence-corrected chi connectivity index (χ2v) is 9.45. The highest BCUT2D eigenvalue weighted by Gasteiger charge is 2.19. The van der Waals surface area contributed by atoms with E-state index in [4.69, 9.17) is 4.18 Å². The molecular weight excluding hydrogens is 360 g/mol. The van der Waals surface area contributed by atoms with Crippen LogP contribution in [0.15, 0.2) is 58.3 Å². The number of hydrogen-bond acceptors (Lipinski definition) is 5. The van der Waals surface area contributed by atoms with Crippen LogP contribution in [-0.4, -0.2) is 23.1 Å². The smallest absolute Gasteiger partial charge is 0.339 e. The molecule has 0 atom stereocenters. The van der Waals surface area contributed by atoms with Gasteiger partial charge in [0.15, 0.2) is 9.84 Å². The van der Waals surface area contributed by atoms with Crippen molar-refractivity contribution in [2.24, 2.45) is 0 Å². The Balaban J connectivity index is 2.16. The molecule has 0 aliphatic carbocycles. The quantitative estimate of drug-likeness (QED) is 0.515. The molecule has 136 valence electrons. The number of unbranched alkanes of at least 4 members (excludes halogenated alkanes) is 2. The first-order chi connectivity index (χ1) is 11.7. The summed E-state index contributed by atoms with van der Waals surface area (Å²) in [5.74, 6) is 0.198. The summed E-state index contributed by atoms with van der Waals surface area (Å²) in [4.78, 5) is -0.258. The molecule has 0 radical (unpaired) electrons. The van der Waals surface area contributed by atoms with Crippen molar-refractivity contribution in [3.05, 3.63) is 54.1 Å². The van der Waals surface area contributed by atoms with E-state index in [9.17, 15) is 16.8 Å². The highest BCUT2D eigenvalue weighted by atomic mass is 32.2. The summed E-state index contributed by atoms with van der Waals surface area (Å²) in [6.45, 7) is 2.14. The maximum absolute atomic E-state index is 12.4. The molecule has 0 saturated carbocycles. The molecule has 0 heterocycles. The van der Waals surface area contributed by atoms with Crippen molar-refractivity contribution >= 4 is 20.0 Å². The van der Waals surface area contributed by atoms with Gasteiger partial charge in [0.25, 0.3) is 0 Å². The van der Waals surface area contributed by atoms with Crippen LogP contribution in [0.4, 0.5) is 0 Å². The SMILES string of the molecule is CCCCCc1ccc(OS(=O)(=O)c2cccc(S(C)(=O)=O)c2)cc1. The lowest BCUT2D eigenvalue weighted by Crippen LogP contribution is -2.10. The molecule has 25 heavy (non-hydrogen) atoms. The maximum Gasteiger partial charge on any atom is 0.339 e. The van der Waals surface area contributed by atoms with E-state index in [-0.39, 0.29) is 15.5 Å². The number of rotatable bonds is 8. The van der Waals surface area contributed by atoms with E-state index in [1.807, 2.05) is 12.1 Å². The largest absolute Gasteiger partial charge is 0.379 e. The Morgan fingerprint density at radius 3 is 2.12 bits per heavy atom. The van der Waals surface area contributed by atoms with Gasteiger partial charge in [-0.1, -0.05) is 38.0 Å². The fourth-order valence-corrected chi connectivity index (χ4v) is 4.04. The first-order valence-electron chi connectivity index (χ1n) is 8.06. The Hall–Kier alpha value is -1.86. The lowest BCUT2D eigenvalue weighted by molar-refractivity contribution is 0.485. The number of hydrogen-bond donors (Lipinski definition) is 0. The predicted octanol–water partition coefficient (Wildman–Crippen LogP) is 3.59. The summed E-state index contributed by atoms with van der Waals surface area (Å²) in [7, 11) is -7.59. The van der Waals surface area contributed by atoms with Crippen LogP contribution in [0.1, 0.15) is 31.7 Å². The molecule has 0 unspecified atom stereocenters. The minimum Gasteiger partial charge on any atom is -0.379 e. The second-order valence-electron chi connectivity index (χ2n) is 5.89. The van der Waals surface area contributed by atoms with Crippen LogP contribution in [0.5, 0.6) is 5.75 Å². The van der Waals surface area contributed by atoms with Gasteiger partial charge in [0.2, 0.25) is 0 Å². The third kappa shape index (κ3) is 5.57. The topological polar surface area (TPSA) is 77.5 Å². The average molecular weight is 383 g/mol. The zero-order valence-corrected chi connectivity index (χ0v) is 15.9. The van der Waals surface area contributed by atoms with E-state index in [1.165, 1.54) is 18.2 Å². The summed E-state index contributed by atoms with van der Waals surface area (Å²) >= 11 is 0. The van der Waals surface area contributed by atoms with Crippen LogP contribution in [-0.2, 0) is 26.4 Å². The van der Waals surface area contributed by atoms with Gasteiger partial charge in [-0.2, -0.15) is 8.42 Å². The van der Waals surface area contributed by atoms with Gasteiger partial charge in [0.05, 0.1) is 4.90 Å². The monoisotopic (exact) mass is 382 g/mol. The summed E-state index contributed by atoms with van der Waals surface area (Å²) in [5, 5.41) is 0. The Bertz CT molecular complexity index is 914. The van der Waals surface area contributed by atoms with E-state index in [0.717, 1.165) is 43.6 Å². The van der Waals surface area contributed by atoms with Gasteiger partial charge in [-0.15, -0.1) is 0 Å². The molecule has 0 aromatic heterocycles. The third-order valence-corrected chi connectivity index (χ3v) is 6.07. The van der Waals surface area contributed by atoms with Gasteiger partial charge in [0.1, 0.15) is 10.6 Å².